The van der Waals surface area contributed by atoms with E-state index in [1.165, 1.54) is 16.1 Å². The standard InChI is InChI=1S/C19H18N2O3.C13H20N2OS/c1-23-17-7-3-5-14(9-17)11-21-12-16(13-22)19(20-21)15-6-4-8-18(10-15)24-2;1-11-4-5-12(14(2)3)10-13(11)17-15-6-8-16-9-7-15/h3-10,12-13H,11H2,1-2H3;4-5,10H,6-9H2,1-3H3. The fraction of sp³-hybridized carbons (Fsp3) is 0.312. The van der Waals surface area contributed by atoms with Crippen molar-refractivity contribution in [2.75, 3.05) is 59.5 Å². The number of methoxy groups -OCH3 is 2. The van der Waals surface area contributed by atoms with Crippen LogP contribution in [0, 0.1) is 6.92 Å². The Hall–Kier alpha value is -3.79. The molecular weight excluding hydrogens is 536 g/mol. The largest absolute Gasteiger partial charge is 0.497 e. The first kappa shape index (κ1) is 30.2. The number of hydrogen-bond donors (Lipinski definition) is 0. The summed E-state index contributed by atoms with van der Waals surface area (Å²) in [4.78, 5) is 14.9. The number of rotatable bonds is 9. The molecule has 1 saturated heterocycles. The molecule has 0 radical (unpaired) electrons. The molecule has 1 aromatic heterocycles. The molecule has 0 amide bonds. The van der Waals surface area contributed by atoms with E-state index < -0.39 is 0 Å². The van der Waals surface area contributed by atoms with Crippen LogP contribution in [0.3, 0.4) is 0 Å². The summed E-state index contributed by atoms with van der Waals surface area (Å²) in [7, 11) is 7.40. The molecule has 3 aromatic carbocycles. The Bertz CT molecular complexity index is 1430. The van der Waals surface area contributed by atoms with Gasteiger partial charge in [0.05, 0.1) is 39.5 Å². The number of carbonyl (C=O) groups is 1. The third-order valence-corrected chi connectivity index (χ3v) is 7.88. The highest BCUT2D eigenvalue weighted by atomic mass is 32.2. The van der Waals surface area contributed by atoms with Gasteiger partial charge in [-0.25, -0.2) is 4.31 Å². The van der Waals surface area contributed by atoms with Crippen molar-refractivity contribution in [2.24, 2.45) is 0 Å². The van der Waals surface area contributed by atoms with Gasteiger partial charge >= 0.3 is 0 Å². The second kappa shape index (κ2) is 14.7. The number of anilines is 1. The van der Waals surface area contributed by atoms with Crippen LogP contribution in [0.2, 0.25) is 0 Å². The number of benzene rings is 3. The Morgan fingerprint density at radius 3 is 2.37 bits per heavy atom. The number of morpholine rings is 1. The lowest BCUT2D eigenvalue weighted by Gasteiger charge is -2.26. The van der Waals surface area contributed by atoms with E-state index in [9.17, 15) is 4.79 Å². The van der Waals surface area contributed by atoms with E-state index in [1.54, 1.807) is 25.1 Å². The summed E-state index contributed by atoms with van der Waals surface area (Å²) in [6, 6.07) is 21.9. The molecule has 9 heteroatoms. The lowest BCUT2D eigenvalue weighted by Crippen LogP contribution is -2.31. The molecule has 0 atom stereocenters. The summed E-state index contributed by atoms with van der Waals surface area (Å²) in [6.07, 6.45) is 2.57. The van der Waals surface area contributed by atoms with Crippen molar-refractivity contribution in [3.05, 3.63) is 89.6 Å². The van der Waals surface area contributed by atoms with E-state index in [0.717, 1.165) is 55.2 Å². The lowest BCUT2D eigenvalue weighted by molar-refractivity contribution is 0.0773. The molecule has 216 valence electrons. The van der Waals surface area contributed by atoms with Crippen molar-refractivity contribution in [3.8, 4) is 22.8 Å². The van der Waals surface area contributed by atoms with Gasteiger partial charge < -0.3 is 19.1 Å². The van der Waals surface area contributed by atoms with Crippen LogP contribution in [0.1, 0.15) is 21.5 Å². The first-order valence-corrected chi connectivity index (χ1v) is 14.3. The second-order valence-electron chi connectivity index (χ2n) is 9.81. The van der Waals surface area contributed by atoms with Gasteiger partial charge in [0.25, 0.3) is 0 Å². The van der Waals surface area contributed by atoms with Crippen molar-refractivity contribution >= 4 is 23.9 Å². The van der Waals surface area contributed by atoms with E-state index in [4.69, 9.17) is 14.2 Å². The highest BCUT2D eigenvalue weighted by Gasteiger charge is 2.14. The summed E-state index contributed by atoms with van der Waals surface area (Å²) in [5.74, 6) is 1.52. The Balaban J connectivity index is 0.000000201. The van der Waals surface area contributed by atoms with Gasteiger partial charge in [-0.2, -0.15) is 5.10 Å². The minimum Gasteiger partial charge on any atom is -0.497 e. The summed E-state index contributed by atoms with van der Waals surface area (Å²) in [6.45, 7) is 6.44. The number of ether oxygens (including phenoxy) is 3. The molecule has 0 spiro atoms. The number of carbonyl (C=O) groups excluding carboxylic acids is 1. The van der Waals surface area contributed by atoms with Crippen molar-refractivity contribution in [1.29, 1.82) is 0 Å². The van der Waals surface area contributed by atoms with Crippen LogP contribution in [-0.2, 0) is 11.3 Å². The average molecular weight is 575 g/mol. The number of aldehydes is 1. The third-order valence-electron chi connectivity index (χ3n) is 6.62. The SMILES string of the molecule is COc1cccc(Cn2cc(C=O)c(-c3cccc(OC)c3)n2)c1.Cc1ccc(N(C)C)cc1SN1CCOCC1. The van der Waals surface area contributed by atoms with Crippen LogP contribution in [0.5, 0.6) is 11.5 Å². The maximum Gasteiger partial charge on any atom is 0.153 e. The number of aryl methyl sites for hydroxylation is 1. The Kier molecular flexibility index (Phi) is 10.8. The maximum absolute atomic E-state index is 11.4. The summed E-state index contributed by atoms with van der Waals surface area (Å²) in [5.41, 5.74) is 5.68. The zero-order valence-corrected chi connectivity index (χ0v) is 25.2. The quantitative estimate of drug-likeness (QED) is 0.183. The maximum atomic E-state index is 11.4. The molecule has 5 rings (SSSR count). The van der Waals surface area contributed by atoms with Crippen LogP contribution < -0.4 is 14.4 Å². The van der Waals surface area contributed by atoms with Gasteiger partial charge in [-0.3, -0.25) is 9.48 Å². The monoisotopic (exact) mass is 574 g/mol. The molecular formula is C32H38N4O4S. The molecule has 0 bridgehead atoms. The second-order valence-corrected chi connectivity index (χ2v) is 10.9. The lowest BCUT2D eigenvalue weighted by atomic mass is 10.1. The van der Waals surface area contributed by atoms with Crippen LogP contribution >= 0.6 is 11.9 Å². The normalized spacial score (nSPS) is 13.2. The zero-order chi connectivity index (χ0) is 29.2. The van der Waals surface area contributed by atoms with Crippen LogP contribution in [0.25, 0.3) is 11.3 Å². The summed E-state index contributed by atoms with van der Waals surface area (Å²) >= 11 is 1.85. The van der Waals surface area contributed by atoms with E-state index in [2.05, 4.69) is 53.5 Å². The number of hydrogen-bond acceptors (Lipinski definition) is 8. The molecule has 1 aliphatic heterocycles. The predicted molar refractivity (Wildman–Crippen MR) is 165 cm³/mol. The van der Waals surface area contributed by atoms with Gasteiger partial charge in [-0.15, -0.1) is 0 Å². The third kappa shape index (κ3) is 8.36. The van der Waals surface area contributed by atoms with Crippen LogP contribution in [-0.4, -0.2) is 75.0 Å². The minimum atomic E-state index is 0.547. The van der Waals surface area contributed by atoms with E-state index >= 15 is 0 Å². The fourth-order valence-electron chi connectivity index (χ4n) is 4.30. The van der Waals surface area contributed by atoms with Gasteiger partial charge in [-0.1, -0.05) is 30.3 Å². The van der Waals surface area contributed by atoms with E-state index in [1.807, 2.05) is 60.5 Å². The van der Waals surface area contributed by atoms with Crippen molar-refractivity contribution in [2.45, 2.75) is 18.4 Å². The molecule has 0 aliphatic carbocycles. The van der Waals surface area contributed by atoms with E-state index in [0.29, 0.717) is 17.8 Å². The summed E-state index contributed by atoms with van der Waals surface area (Å²) in [5, 5.41) is 4.57. The number of nitrogens with zero attached hydrogens (tertiary/aromatic N) is 4. The van der Waals surface area contributed by atoms with Crippen molar-refractivity contribution in [3.63, 3.8) is 0 Å². The van der Waals surface area contributed by atoms with Gasteiger partial charge in [0.2, 0.25) is 0 Å². The summed E-state index contributed by atoms with van der Waals surface area (Å²) < 4.78 is 20.0. The van der Waals surface area contributed by atoms with Gasteiger partial charge in [0.15, 0.2) is 6.29 Å². The Morgan fingerprint density at radius 2 is 1.68 bits per heavy atom. The molecule has 0 saturated carbocycles. The Morgan fingerprint density at radius 1 is 0.976 bits per heavy atom. The molecule has 41 heavy (non-hydrogen) atoms. The van der Waals surface area contributed by atoms with Gasteiger partial charge in [0.1, 0.15) is 17.2 Å². The van der Waals surface area contributed by atoms with Crippen molar-refractivity contribution in [1.82, 2.24) is 14.1 Å². The highest BCUT2D eigenvalue weighted by molar-refractivity contribution is 7.97. The first-order valence-electron chi connectivity index (χ1n) is 13.5. The Labute approximate surface area is 247 Å². The van der Waals surface area contributed by atoms with Crippen LogP contribution in [0.4, 0.5) is 5.69 Å². The molecule has 2 heterocycles. The molecule has 0 N–H and O–H groups in total. The molecule has 1 fully saturated rings. The fourth-order valence-corrected chi connectivity index (χ4v) is 5.29. The molecule has 0 unspecified atom stereocenters. The highest BCUT2D eigenvalue weighted by Crippen LogP contribution is 2.30. The topological polar surface area (TPSA) is 69.1 Å². The minimum absolute atomic E-state index is 0.547. The van der Waals surface area contributed by atoms with Crippen LogP contribution in [0.15, 0.2) is 77.8 Å². The van der Waals surface area contributed by atoms with Crippen molar-refractivity contribution < 1.29 is 19.0 Å². The van der Waals surface area contributed by atoms with E-state index in [-0.39, 0.29) is 0 Å². The average Bonchev–Trinajstić information content (AvgIpc) is 3.42. The van der Waals surface area contributed by atoms with Gasteiger partial charge in [0, 0.05) is 49.5 Å². The smallest absolute Gasteiger partial charge is 0.153 e. The first-order chi connectivity index (χ1) is 19.9. The molecule has 1 aliphatic rings. The molecule has 8 nitrogen and oxygen atoms in total. The molecule has 4 aromatic rings. The number of aromatic nitrogens is 2. The van der Waals surface area contributed by atoms with Gasteiger partial charge in [-0.05, 0) is 66.4 Å². The predicted octanol–water partition coefficient (Wildman–Crippen LogP) is 5.83. The zero-order valence-electron chi connectivity index (χ0n) is 24.4.